The van der Waals surface area contributed by atoms with Gasteiger partial charge in [-0.25, -0.2) is 4.79 Å². The molecule has 2 aromatic rings. The molecule has 1 aromatic heterocycles. The number of fused-ring (bicyclic) bond motifs is 3. The highest BCUT2D eigenvalue weighted by atomic mass is 16.6. The van der Waals surface area contributed by atoms with E-state index in [1.54, 1.807) is 11.1 Å². The number of aromatic nitrogens is 1. The van der Waals surface area contributed by atoms with Crippen molar-refractivity contribution in [3.05, 3.63) is 58.7 Å². The predicted molar refractivity (Wildman–Crippen MR) is 132 cm³/mol. The van der Waals surface area contributed by atoms with Crippen LogP contribution in [0.25, 0.3) is 11.8 Å². The maximum absolute atomic E-state index is 13.2. The zero-order valence-electron chi connectivity index (χ0n) is 20.1. The molecule has 1 amide bonds. The number of amides is 1. The average molecular weight is 461 g/mol. The number of hydrogen-bond donors (Lipinski definition) is 1. The molecule has 0 unspecified atom stereocenters. The number of aromatic amines is 1. The lowest BCUT2D eigenvalue weighted by Crippen LogP contribution is -2.39. The largest absolute Gasteiger partial charge is 0.490 e. The third-order valence-corrected chi connectivity index (χ3v) is 6.52. The van der Waals surface area contributed by atoms with Gasteiger partial charge in [-0.2, -0.15) is 10.2 Å². The summed E-state index contributed by atoms with van der Waals surface area (Å²) in [5, 5.41) is 10.2. The Morgan fingerprint density at radius 2 is 1.88 bits per heavy atom. The zero-order valence-corrected chi connectivity index (χ0v) is 20.1. The maximum atomic E-state index is 13.2. The van der Waals surface area contributed by atoms with Gasteiger partial charge in [-0.15, -0.1) is 0 Å². The van der Waals surface area contributed by atoms with Gasteiger partial charge in [0.05, 0.1) is 35.2 Å². The van der Waals surface area contributed by atoms with Crippen LogP contribution in [0.2, 0.25) is 0 Å². The minimum atomic E-state index is -0.570. The summed E-state index contributed by atoms with van der Waals surface area (Å²) in [6, 6.07) is 10.1. The number of azo groups is 1. The summed E-state index contributed by atoms with van der Waals surface area (Å²) in [5.41, 5.74) is 2.54. The first kappa shape index (κ1) is 22.4. The quantitative estimate of drug-likeness (QED) is 0.713. The number of hydrogen-bond acceptors (Lipinski definition) is 5. The maximum Gasteiger partial charge on any atom is 0.415 e. The van der Waals surface area contributed by atoms with Crippen molar-refractivity contribution in [1.29, 1.82) is 0 Å². The van der Waals surface area contributed by atoms with Gasteiger partial charge in [0.15, 0.2) is 0 Å². The van der Waals surface area contributed by atoms with Gasteiger partial charge in [-0.1, -0.05) is 30.4 Å². The normalized spacial score (nSPS) is 21.9. The van der Waals surface area contributed by atoms with Gasteiger partial charge in [-0.3, -0.25) is 4.90 Å². The number of nitrogens with zero attached hydrogens (tertiary/aromatic N) is 3. The first-order valence-corrected chi connectivity index (χ1v) is 12.1. The van der Waals surface area contributed by atoms with Crippen LogP contribution in [-0.4, -0.2) is 29.3 Å². The van der Waals surface area contributed by atoms with E-state index in [0.717, 1.165) is 53.4 Å². The minimum absolute atomic E-state index is 0.231. The molecular weight excluding hydrogens is 428 g/mol. The van der Waals surface area contributed by atoms with E-state index in [9.17, 15) is 4.79 Å². The van der Waals surface area contributed by atoms with Crippen LogP contribution in [0.15, 0.2) is 52.7 Å². The third-order valence-electron chi connectivity index (χ3n) is 6.52. The molecule has 2 aliphatic heterocycles. The van der Waals surface area contributed by atoms with Crippen LogP contribution in [0.4, 0.5) is 10.5 Å². The second-order valence-electron chi connectivity index (χ2n) is 10.1. The monoisotopic (exact) mass is 460 g/mol. The molecule has 1 aromatic carbocycles. The Hall–Kier alpha value is -3.35. The number of rotatable bonds is 3. The summed E-state index contributed by atoms with van der Waals surface area (Å²) in [5.74, 6) is 1.32. The Balaban J connectivity index is 1.46. The van der Waals surface area contributed by atoms with Gasteiger partial charge in [0.1, 0.15) is 11.4 Å². The molecule has 3 aliphatic rings. The van der Waals surface area contributed by atoms with Crippen LogP contribution >= 0.6 is 0 Å². The van der Waals surface area contributed by atoms with E-state index in [2.05, 4.69) is 27.4 Å². The van der Waals surface area contributed by atoms with Crippen molar-refractivity contribution in [1.82, 2.24) is 4.98 Å². The van der Waals surface area contributed by atoms with Crippen LogP contribution in [0, 0.1) is 5.92 Å². The number of ether oxygens (including phenoxy) is 2. The van der Waals surface area contributed by atoms with E-state index in [-0.39, 0.29) is 12.2 Å². The fourth-order valence-electron chi connectivity index (χ4n) is 5.00. The molecule has 1 N–H and O–H groups in total. The van der Waals surface area contributed by atoms with Crippen molar-refractivity contribution in [3.63, 3.8) is 0 Å². The fraction of sp³-hybridized carbons (Fsp3) is 0.444. The molecule has 7 nitrogen and oxygen atoms in total. The van der Waals surface area contributed by atoms with Crippen LogP contribution in [0.1, 0.15) is 52.0 Å². The molecule has 1 fully saturated rings. The van der Waals surface area contributed by atoms with Gasteiger partial charge < -0.3 is 14.5 Å². The van der Waals surface area contributed by atoms with Crippen molar-refractivity contribution in [3.8, 4) is 5.75 Å². The molecule has 7 heteroatoms. The lowest BCUT2D eigenvalue weighted by Gasteiger charge is -2.30. The summed E-state index contributed by atoms with van der Waals surface area (Å²) in [6.07, 6.45) is 9.95. The van der Waals surface area contributed by atoms with E-state index in [1.165, 1.54) is 5.57 Å². The number of carbonyl (C=O) groups is 1. The van der Waals surface area contributed by atoms with Crippen molar-refractivity contribution in [2.45, 2.75) is 64.7 Å². The molecule has 3 heterocycles. The number of benzene rings is 1. The Morgan fingerprint density at radius 3 is 2.62 bits per heavy atom. The summed E-state index contributed by atoms with van der Waals surface area (Å²) in [7, 11) is 0. The van der Waals surface area contributed by atoms with E-state index >= 15 is 0 Å². The first-order valence-electron chi connectivity index (χ1n) is 12.1. The van der Waals surface area contributed by atoms with Crippen molar-refractivity contribution < 1.29 is 14.3 Å². The Labute approximate surface area is 199 Å². The lowest BCUT2D eigenvalue weighted by molar-refractivity contribution is 0.0584. The molecule has 1 saturated carbocycles. The van der Waals surface area contributed by atoms with Gasteiger partial charge in [0, 0.05) is 12.1 Å². The highest BCUT2D eigenvalue weighted by Crippen LogP contribution is 2.34. The van der Waals surface area contributed by atoms with Crippen LogP contribution < -0.4 is 20.3 Å². The Morgan fingerprint density at radius 1 is 1.12 bits per heavy atom. The lowest BCUT2D eigenvalue weighted by atomic mass is 9.82. The summed E-state index contributed by atoms with van der Waals surface area (Å²) < 4.78 is 12.0. The first-order chi connectivity index (χ1) is 16.4. The SMILES string of the molecule is CC(C)(C)OC(=O)N1CC=CC(C2CCC(Oc3ccccc3)CC2)=c2[nH]c3c(c21)CN=NC=3. The average Bonchev–Trinajstić information content (AvgIpc) is 3.08. The van der Waals surface area contributed by atoms with E-state index < -0.39 is 5.60 Å². The van der Waals surface area contributed by atoms with Crippen molar-refractivity contribution in [2.75, 3.05) is 11.4 Å². The number of allylic oxidation sites excluding steroid dienone is 1. The number of anilines is 1. The molecule has 5 rings (SSSR count). The Bertz CT molecular complexity index is 1230. The Kier molecular flexibility index (Phi) is 6.02. The summed E-state index contributed by atoms with van der Waals surface area (Å²) in [6.45, 7) is 6.58. The standard InChI is InChI=1S/C27H32N4O3/c1-27(2,3)34-26(32)31-15-7-10-21(24-25(31)22-16-28-29-17-23(22)30-24)18-11-13-20(14-12-18)33-19-8-5-4-6-9-19/h4-10,17-18,20,30H,11-16H2,1-3H3. The zero-order chi connectivity index (χ0) is 23.7. The van der Waals surface area contributed by atoms with Gasteiger partial charge >= 0.3 is 6.09 Å². The topological polar surface area (TPSA) is 79.3 Å². The predicted octanol–water partition coefficient (Wildman–Crippen LogP) is 4.82. The van der Waals surface area contributed by atoms with Crippen molar-refractivity contribution in [2.24, 2.45) is 16.1 Å². The van der Waals surface area contributed by atoms with Crippen LogP contribution in [0.3, 0.4) is 0 Å². The van der Waals surface area contributed by atoms with Crippen molar-refractivity contribution >= 4 is 23.6 Å². The molecule has 0 spiro atoms. The van der Waals surface area contributed by atoms with Crippen LogP contribution in [-0.2, 0) is 11.3 Å². The second kappa shape index (κ2) is 9.12. The minimum Gasteiger partial charge on any atom is -0.490 e. The third kappa shape index (κ3) is 4.65. The fourth-order valence-corrected chi connectivity index (χ4v) is 5.00. The summed E-state index contributed by atoms with van der Waals surface area (Å²) >= 11 is 0. The van der Waals surface area contributed by atoms with E-state index in [1.807, 2.05) is 51.1 Å². The summed E-state index contributed by atoms with van der Waals surface area (Å²) in [4.78, 5) is 18.5. The van der Waals surface area contributed by atoms with E-state index in [0.29, 0.717) is 19.0 Å². The van der Waals surface area contributed by atoms with Gasteiger partial charge in [0.25, 0.3) is 0 Å². The molecule has 0 bridgehead atoms. The molecule has 0 atom stereocenters. The molecule has 34 heavy (non-hydrogen) atoms. The molecule has 1 aliphatic carbocycles. The number of H-pyrrole nitrogens is 1. The molecule has 178 valence electrons. The second-order valence-corrected chi connectivity index (χ2v) is 10.1. The van der Waals surface area contributed by atoms with Gasteiger partial charge in [0.2, 0.25) is 0 Å². The van der Waals surface area contributed by atoms with Crippen LogP contribution in [0.5, 0.6) is 5.75 Å². The molecule has 0 radical (unpaired) electrons. The molecular formula is C27H32N4O3. The van der Waals surface area contributed by atoms with Gasteiger partial charge in [-0.05, 0) is 70.1 Å². The number of para-hydroxylation sites is 1. The highest BCUT2D eigenvalue weighted by Gasteiger charge is 2.31. The smallest absolute Gasteiger partial charge is 0.415 e. The number of nitrogens with one attached hydrogen (secondary N) is 1. The van der Waals surface area contributed by atoms with E-state index in [4.69, 9.17) is 9.47 Å². The number of carbonyl (C=O) groups excluding carboxylic acids is 1. The molecule has 0 saturated heterocycles. The highest BCUT2D eigenvalue weighted by molar-refractivity contribution is 5.91.